The zero-order valence-electron chi connectivity index (χ0n) is 10.7. The number of benzene rings is 1. The second kappa shape index (κ2) is 5.61. The third kappa shape index (κ3) is 2.89. The van der Waals surface area contributed by atoms with E-state index in [1.54, 1.807) is 11.0 Å². The number of nitro benzene ring substituents is 1. The predicted molar refractivity (Wildman–Crippen MR) is 75.7 cm³/mol. The van der Waals surface area contributed by atoms with Gasteiger partial charge in [-0.3, -0.25) is 14.9 Å². The molecule has 6 heteroatoms. The van der Waals surface area contributed by atoms with Crippen LogP contribution in [0.15, 0.2) is 18.2 Å². The van der Waals surface area contributed by atoms with Crippen molar-refractivity contribution in [2.24, 2.45) is 5.92 Å². The van der Waals surface area contributed by atoms with Crippen LogP contribution in [-0.4, -0.2) is 34.6 Å². The summed E-state index contributed by atoms with van der Waals surface area (Å²) in [4.78, 5) is 24.4. The molecule has 0 aliphatic carbocycles. The first kappa shape index (κ1) is 13.9. The Morgan fingerprint density at radius 1 is 1.53 bits per heavy atom. The minimum atomic E-state index is -0.469. The Hall–Kier alpha value is -1.56. The maximum absolute atomic E-state index is 12.3. The monoisotopic (exact) mass is 280 g/mol. The summed E-state index contributed by atoms with van der Waals surface area (Å²) in [6.45, 7) is 3.34. The van der Waals surface area contributed by atoms with Gasteiger partial charge in [-0.25, -0.2) is 0 Å². The lowest BCUT2D eigenvalue weighted by Crippen LogP contribution is -2.40. The molecule has 19 heavy (non-hydrogen) atoms. The van der Waals surface area contributed by atoms with Crippen LogP contribution in [0.2, 0.25) is 0 Å². The number of hydrogen-bond donors (Lipinski definition) is 1. The summed E-state index contributed by atoms with van der Waals surface area (Å²) in [6, 6.07) is 4.53. The molecule has 0 saturated heterocycles. The predicted octanol–water partition coefficient (Wildman–Crippen LogP) is 2.16. The van der Waals surface area contributed by atoms with E-state index in [2.05, 4.69) is 12.6 Å². The fourth-order valence-corrected chi connectivity index (χ4v) is 2.35. The van der Waals surface area contributed by atoms with Gasteiger partial charge in [0.05, 0.1) is 4.92 Å². The molecule has 0 saturated carbocycles. The molecule has 5 nitrogen and oxygen atoms in total. The molecule has 1 heterocycles. The summed E-state index contributed by atoms with van der Waals surface area (Å²) < 4.78 is 0. The van der Waals surface area contributed by atoms with E-state index in [9.17, 15) is 14.9 Å². The molecule has 0 fully saturated rings. The van der Waals surface area contributed by atoms with Gasteiger partial charge in [-0.1, -0.05) is 13.0 Å². The van der Waals surface area contributed by atoms with Gasteiger partial charge in [-0.15, -0.1) is 0 Å². The van der Waals surface area contributed by atoms with Crippen molar-refractivity contribution in [2.45, 2.75) is 13.3 Å². The summed E-state index contributed by atoms with van der Waals surface area (Å²) in [6.07, 6.45) is 0.748. The Labute approximate surface area is 117 Å². The van der Waals surface area contributed by atoms with Gasteiger partial charge in [0, 0.05) is 30.8 Å². The molecule has 102 valence electrons. The highest BCUT2D eigenvalue weighted by Crippen LogP contribution is 2.24. The standard InChI is InChI=1S/C13H16N2O3S/c1-9(8-19)7-14-5-4-10-2-3-11(15(17)18)6-12(10)13(14)16/h2-3,6,9,19H,4-5,7-8H2,1H3. The molecule has 1 aromatic carbocycles. The highest BCUT2D eigenvalue weighted by Gasteiger charge is 2.26. The summed E-state index contributed by atoms with van der Waals surface area (Å²) in [5, 5.41) is 10.8. The molecule has 1 aliphatic heterocycles. The highest BCUT2D eigenvalue weighted by atomic mass is 32.1. The van der Waals surface area contributed by atoms with Crippen LogP contribution >= 0.6 is 12.6 Å². The molecular formula is C13H16N2O3S. The van der Waals surface area contributed by atoms with Crippen LogP contribution < -0.4 is 0 Å². The number of carbonyl (C=O) groups is 1. The number of nitrogens with zero attached hydrogens (tertiary/aromatic N) is 2. The van der Waals surface area contributed by atoms with Crippen LogP contribution in [-0.2, 0) is 6.42 Å². The van der Waals surface area contributed by atoms with Crippen molar-refractivity contribution in [3.63, 3.8) is 0 Å². The average molecular weight is 280 g/mol. The van der Waals surface area contributed by atoms with Gasteiger partial charge in [0.1, 0.15) is 0 Å². The summed E-state index contributed by atoms with van der Waals surface area (Å²) in [7, 11) is 0. The maximum Gasteiger partial charge on any atom is 0.270 e. The molecule has 1 atom stereocenters. The first-order valence-corrected chi connectivity index (χ1v) is 6.83. The second-order valence-electron chi connectivity index (χ2n) is 4.89. The number of amides is 1. The third-order valence-corrected chi connectivity index (χ3v) is 3.94. The lowest BCUT2D eigenvalue weighted by Gasteiger charge is -2.30. The van der Waals surface area contributed by atoms with Crippen LogP contribution in [0.3, 0.4) is 0 Å². The van der Waals surface area contributed by atoms with E-state index in [0.29, 0.717) is 30.3 Å². The van der Waals surface area contributed by atoms with E-state index in [-0.39, 0.29) is 11.6 Å². The van der Waals surface area contributed by atoms with E-state index in [1.165, 1.54) is 12.1 Å². The Morgan fingerprint density at radius 3 is 2.89 bits per heavy atom. The smallest absolute Gasteiger partial charge is 0.270 e. The topological polar surface area (TPSA) is 63.4 Å². The first-order valence-electron chi connectivity index (χ1n) is 6.20. The summed E-state index contributed by atoms with van der Waals surface area (Å²) >= 11 is 4.22. The van der Waals surface area contributed by atoms with Gasteiger partial charge in [0.2, 0.25) is 0 Å². The number of non-ortho nitro benzene ring substituents is 1. The number of rotatable bonds is 4. The van der Waals surface area contributed by atoms with Gasteiger partial charge < -0.3 is 4.90 Å². The van der Waals surface area contributed by atoms with Crippen molar-refractivity contribution in [3.05, 3.63) is 39.4 Å². The van der Waals surface area contributed by atoms with Crippen LogP contribution in [0.5, 0.6) is 0 Å². The summed E-state index contributed by atoms with van der Waals surface area (Å²) in [5.41, 5.74) is 1.33. The molecule has 0 aromatic heterocycles. The Bertz CT molecular complexity index is 519. The van der Waals surface area contributed by atoms with Crippen molar-refractivity contribution in [3.8, 4) is 0 Å². The van der Waals surface area contributed by atoms with E-state index in [0.717, 1.165) is 12.0 Å². The number of hydrogen-bond acceptors (Lipinski definition) is 4. The molecule has 2 rings (SSSR count). The zero-order chi connectivity index (χ0) is 14.0. The molecule has 0 N–H and O–H groups in total. The van der Waals surface area contributed by atoms with Gasteiger partial charge in [-0.2, -0.15) is 12.6 Å². The molecule has 1 amide bonds. The summed E-state index contributed by atoms with van der Waals surface area (Å²) in [5.74, 6) is 0.914. The van der Waals surface area contributed by atoms with Crippen LogP contribution in [0.25, 0.3) is 0 Å². The van der Waals surface area contributed by atoms with Crippen LogP contribution in [0.1, 0.15) is 22.8 Å². The zero-order valence-corrected chi connectivity index (χ0v) is 11.6. The van der Waals surface area contributed by atoms with E-state index >= 15 is 0 Å². The van der Waals surface area contributed by atoms with Gasteiger partial charge >= 0.3 is 0 Å². The fourth-order valence-electron chi connectivity index (χ4n) is 2.23. The van der Waals surface area contributed by atoms with Crippen molar-refractivity contribution in [2.75, 3.05) is 18.8 Å². The van der Waals surface area contributed by atoms with Gasteiger partial charge in [0.25, 0.3) is 11.6 Å². The lowest BCUT2D eigenvalue weighted by atomic mass is 9.97. The average Bonchev–Trinajstić information content (AvgIpc) is 2.41. The molecule has 1 unspecified atom stereocenters. The van der Waals surface area contributed by atoms with Crippen molar-refractivity contribution in [1.29, 1.82) is 0 Å². The quantitative estimate of drug-likeness (QED) is 0.522. The number of nitro groups is 1. The molecule has 0 spiro atoms. The molecule has 1 aliphatic rings. The molecular weight excluding hydrogens is 264 g/mol. The van der Waals surface area contributed by atoms with Crippen LogP contribution in [0, 0.1) is 16.0 Å². The number of fused-ring (bicyclic) bond motifs is 1. The molecule has 0 bridgehead atoms. The Balaban J connectivity index is 2.26. The Kier molecular flexibility index (Phi) is 4.09. The second-order valence-corrected chi connectivity index (χ2v) is 5.25. The lowest BCUT2D eigenvalue weighted by molar-refractivity contribution is -0.384. The SMILES string of the molecule is CC(CS)CN1CCc2ccc([N+](=O)[O-])cc2C1=O. The Morgan fingerprint density at radius 2 is 2.26 bits per heavy atom. The maximum atomic E-state index is 12.3. The third-order valence-electron chi connectivity index (χ3n) is 3.32. The largest absolute Gasteiger partial charge is 0.338 e. The number of thiol groups is 1. The van der Waals surface area contributed by atoms with E-state index < -0.39 is 4.92 Å². The van der Waals surface area contributed by atoms with Crippen molar-refractivity contribution < 1.29 is 9.72 Å². The number of carbonyl (C=O) groups excluding carboxylic acids is 1. The fraction of sp³-hybridized carbons (Fsp3) is 0.462. The van der Waals surface area contributed by atoms with Gasteiger partial charge in [0.15, 0.2) is 0 Å². The van der Waals surface area contributed by atoms with Crippen molar-refractivity contribution in [1.82, 2.24) is 4.90 Å². The normalized spacial score (nSPS) is 16.1. The molecule has 1 aromatic rings. The minimum absolute atomic E-state index is 0.0313. The molecule has 0 radical (unpaired) electrons. The highest BCUT2D eigenvalue weighted by molar-refractivity contribution is 7.80. The first-order chi connectivity index (χ1) is 9.02. The van der Waals surface area contributed by atoms with Crippen molar-refractivity contribution >= 4 is 24.2 Å². The van der Waals surface area contributed by atoms with E-state index in [4.69, 9.17) is 0 Å². The minimum Gasteiger partial charge on any atom is -0.338 e. The van der Waals surface area contributed by atoms with E-state index in [1.807, 2.05) is 6.92 Å². The van der Waals surface area contributed by atoms with Crippen LogP contribution in [0.4, 0.5) is 5.69 Å². The van der Waals surface area contributed by atoms with Gasteiger partial charge in [-0.05, 0) is 23.7 Å².